The lowest BCUT2D eigenvalue weighted by Gasteiger charge is -2.41. The number of piperidine rings is 1. The van der Waals surface area contributed by atoms with Crippen LogP contribution in [0.2, 0.25) is 0 Å². The van der Waals surface area contributed by atoms with E-state index in [0.29, 0.717) is 6.04 Å². The molecule has 3 rings (SSSR count). The minimum atomic E-state index is 0.461. The van der Waals surface area contributed by atoms with Gasteiger partial charge in [-0.3, -0.25) is 9.80 Å². The van der Waals surface area contributed by atoms with Gasteiger partial charge in [0.25, 0.3) is 0 Å². The van der Waals surface area contributed by atoms with Crippen molar-refractivity contribution in [3.05, 3.63) is 0 Å². The average molecular weight is 279 g/mol. The second kappa shape index (κ2) is 6.33. The number of nitrogens with two attached hydrogens (primary N) is 1. The van der Waals surface area contributed by atoms with Gasteiger partial charge < -0.3 is 5.73 Å². The van der Waals surface area contributed by atoms with Crippen LogP contribution in [0.5, 0.6) is 0 Å². The third-order valence-electron chi connectivity index (χ3n) is 6.42. The second-order valence-electron chi connectivity index (χ2n) is 7.65. The van der Waals surface area contributed by atoms with Crippen LogP contribution in [0.4, 0.5) is 0 Å². The molecule has 1 aliphatic carbocycles. The molecule has 3 fully saturated rings. The fourth-order valence-electron chi connectivity index (χ4n) is 4.72. The fourth-order valence-corrected chi connectivity index (χ4v) is 4.72. The topological polar surface area (TPSA) is 32.5 Å². The summed E-state index contributed by atoms with van der Waals surface area (Å²) in [5.41, 5.74) is 6.04. The zero-order chi connectivity index (χ0) is 14.1. The van der Waals surface area contributed by atoms with Gasteiger partial charge in [0.1, 0.15) is 0 Å². The molecule has 0 amide bonds. The SMILES string of the molecule is CC1CCCC(N2CCC(N3CCC(N)CC3)C2)C1C. The summed E-state index contributed by atoms with van der Waals surface area (Å²) in [6.45, 7) is 10.1. The summed E-state index contributed by atoms with van der Waals surface area (Å²) in [5, 5.41) is 0. The van der Waals surface area contributed by atoms with Crippen LogP contribution < -0.4 is 5.73 Å². The van der Waals surface area contributed by atoms with E-state index in [4.69, 9.17) is 5.73 Å². The Bertz CT molecular complexity index is 311. The van der Waals surface area contributed by atoms with E-state index in [1.54, 1.807) is 0 Å². The molecule has 2 heterocycles. The normalized spacial score (nSPS) is 42.1. The Morgan fingerprint density at radius 3 is 2.30 bits per heavy atom. The zero-order valence-electron chi connectivity index (χ0n) is 13.4. The van der Waals surface area contributed by atoms with Gasteiger partial charge in [-0.1, -0.05) is 26.7 Å². The first-order valence-electron chi connectivity index (χ1n) is 8.89. The van der Waals surface area contributed by atoms with E-state index in [2.05, 4.69) is 23.6 Å². The van der Waals surface area contributed by atoms with Gasteiger partial charge in [0, 0.05) is 31.2 Å². The fraction of sp³-hybridized carbons (Fsp3) is 1.00. The molecular formula is C17H33N3. The summed E-state index contributed by atoms with van der Waals surface area (Å²) in [5.74, 6) is 1.80. The molecule has 4 unspecified atom stereocenters. The highest BCUT2D eigenvalue weighted by molar-refractivity contribution is 4.92. The van der Waals surface area contributed by atoms with Crippen LogP contribution in [0.15, 0.2) is 0 Å². The molecule has 0 bridgehead atoms. The Hall–Kier alpha value is -0.120. The molecule has 4 atom stereocenters. The molecule has 0 spiro atoms. The Kier molecular flexibility index (Phi) is 4.68. The monoisotopic (exact) mass is 279 g/mol. The Morgan fingerprint density at radius 2 is 1.55 bits per heavy atom. The molecule has 0 radical (unpaired) electrons. The summed E-state index contributed by atoms with van der Waals surface area (Å²) in [6, 6.07) is 2.13. The summed E-state index contributed by atoms with van der Waals surface area (Å²) in [4.78, 5) is 5.54. The third-order valence-corrected chi connectivity index (χ3v) is 6.42. The lowest BCUT2D eigenvalue weighted by atomic mass is 9.77. The van der Waals surface area contributed by atoms with Gasteiger partial charge in [0.05, 0.1) is 0 Å². The quantitative estimate of drug-likeness (QED) is 0.842. The second-order valence-corrected chi connectivity index (χ2v) is 7.65. The van der Waals surface area contributed by atoms with Gasteiger partial charge in [-0.15, -0.1) is 0 Å². The van der Waals surface area contributed by atoms with Gasteiger partial charge in [-0.05, 0) is 50.6 Å². The minimum absolute atomic E-state index is 0.461. The van der Waals surface area contributed by atoms with Crippen LogP contribution in [0.25, 0.3) is 0 Å². The Balaban J connectivity index is 1.54. The van der Waals surface area contributed by atoms with Gasteiger partial charge in [-0.2, -0.15) is 0 Å². The first-order chi connectivity index (χ1) is 9.65. The van der Waals surface area contributed by atoms with Crippen LogP contribution >= 0.6 is 0 Å². The van der Waals surface area contributed by atoms with Crippen LogP contribution in [-0.4, -0.2) is 54.1 Å². The summed E-state index contributed by atoms with van der Waals surface area (Å²) >= 11 is 0. The Morgan fingerprint density at radius 1 is 0.850 bits per heavy atom. The smallest absolute Gasteiger partial charge is 0.0235 e. The van der Waals surface area contributed by atoms with E-state index >= 15 is 0 Å². The lowest BCUT2D eigenvalue weighted by Crippen LogP contribution is -2.48. The molecule has 3 heteroatoms. The lowest BCUT2D eigenvalue weighted by molar-refractivity contribution is 0.0870. The van der Waals surface area contributed by atoms with Crippen molar-refractivity contribution in [3.8, 4) is 0 Å². The maximum Gasteiger partial charge on any atom is 0.0235 e. The molecule has 0 aromatic heterocycles. The predicted octanol–water partition coefficient (Wildman–Crippen LogP) is 2.31. The molecule has 3 aliphatic rings. The maximum absolute atomic E-state index is 6.04. The summed E-state index contributed by atoms with van der Waals surface area (Å²) in [7, 11) is 0. The standard InChI is InChI=1S/C17H33N3/c1-13-4-3-5-17(14(13)2)20-11-8-16(12-20)19-9-6-15(18)7-10-19/h13-17H,3-12,18H2,1-2H3. The van der Waals surface area contributed by atoms with Gasteiger partial charge in [0.2, 0.25) is 0 Å². The molecular weight excluding hydrogens is 246 g/mol. The van der Waals surface area contributed by atoms with E-state index in [9.17, 15) is 0 Å². The molecule has 3 nitrogen and oxygen atoms in total. The van der Waals surface area contributed by atoms with E-state index in [0.717, 1.165) is 23.9 Å². The predicted molar refractivity (Wildman–Crippen MR) is 84.7 cm³/mol. The summed E-state index contributed by atoms with van der Waals surface area (Å²) < 4.78 is 0. The van der Waals surface area contributed by atoms with Crippen molar-refractivity contribution in [3.63, 3.8) is 0 Å². The van der Waals surface area contributed by atoms with Crippen molar-refractivity contribution >= 4 is 0 Å². The first-order valence-corrected chi connectivity index (χ1v) is 8.89. The molecule has 0 aromatic rings. The van der Waals surface area contributed by atoms with Crippen LogP contribution in [-0.2, 0) is 0 Å². The number of nitrogens with zero attached hydrogens (tertiary/aromatic N) is 2. The highest BCUT2D eigenvalue weighted by atomic mass is 15.3. The summed E-state index contributed by atoms with van der Waals surface area (Å²) in [6.07, 6.45) is 8.10. The zero-order valence-corrected chi connectivity index (χ0v) is 13.4. The average Bonchev–Trinajstić information content (AvgIpc) is 2.92. The van der Waals surface area contributed by atoms with Crippen molar-refractivity contribution in [2.45, 2.75) is 70.5 Å². The van der Waals surface area contributed by atoms with Gasteiger partial charge >= 0.3 is 0 Å². The largest absolute Gasteiger partial charge is 0.328 e. The maximum atomic E-state index is 6.04. The van der Waals surface area contributed by atoms with Crippen LogP contribution in [0.3, 0.4) is 0 Å². The van der Waals surface area contributed by atoms with Gasteiger partial charge in [0.15, 0.2) is 0 Å². The molecule has 2 saturated heterocycles. The highest BCUT2D eigenvalue weighted by Gasteiger charge is 2.37. The molecule has 1 saturated carbocycles. The molecule has 20 heavy (non-hydrogen) atoms. The van der Waals surface area contributed by atoms with Gasteiger partial charge in [-0.25, -0.2) is 0 Å². The third kappa shape index (κ3) is 3.05. The molecule has 2 N–H and O–H groups in total. The van der Waals surface area contributed by atoms with Crippen LogP contribution in [0, 0.1) is 11.8 Å². The molecule has 2 aliphatic heterocycles. The number of hydrogen-bond donors (Lipinski definition) is 1. The Labute approximate surface area is 124 Å². The van der Waals surface area contributed by atoms with Crippen LogP contribution in [0.1, 0.15) is 52.4 Å². The highest BCUT2D eigenvalue weighted by Crippen LogP contribution is 2.35. The van der Waals surface area contributed by atoms with Crippen molar-refractivity contribution in [2.75, 3.05) is 26.2 Å². The first kappa shape index (κ1) is 14.8. The molecule has 116 valence electrons. The number of rotatable bonds is 2. The van der Waals surface area contributed by atoms with E-state index in [1.165, 1.54) is 64.7 Å². The van der Waals surface area contributed by atoms with E-state index < -0.39 is 0 Å². The van der Waals surface area contributed by atoms with Crippen molar-refractivity contribution in [1.29, 1.82) is 0 Å². The van der Waals surface area contributed by atoms with Crippen molar-refractivity contribution in [1.82, 2.24) is 9.80 Å². The van der Waals surface area contributed by atoms with Crippen molar-refractivity contribution in [2.24, 2.45) is 17.6 Å². The number of likely N-dealkylation sites (tertiary alicyclic amines) is 2. The van der Waals surface area contributed by atoms with E-state index in [1.807, 2.05) is 0 Å². The minimum Gasteiger partial charge on any atom is -0.328 e. The number of hydrogen-bond acceptors (Lipinski definition) is 3. The van der Waals surface area contributed by atoms with E-state index in [-0.39, 0.29) is 0 Å². The molecule has 0 aromatic carbocycles. The van der Waals surface area contributed by atoms with Crippen molar-refractivity contribution < 1.29 is 0 Å².